The lowest BCUT2D eigenvalue weighted by Crippen LogP contribution is -2.52. The summed E-state index contributed by atoms with van der Waals surface area (Å²) in [4.78, 5) is 10.9. The van der Waals surface area contributed by atoms with Crippen LogP contribution in [-0.4, -0.2) is 32.1 Å². The lowest BCUT2D eigenvalue weighted by molar-refractivity contribution is 0.0362. The minimum atomic E-state index is -0.463. The molecule has 4 heteroatoms. The van der Waals surface area contributed by atoms with Crippen molar-refractivity contribution in [3.05, 3.63) is 24.3 Å². The zero-order valence-electron chi connectivity index (χ0n) is 20.6. The van der Waals surface area contributed by atoms with Crippen LogP contribution < -0.4 is 10.9 Å². The average Bonchev–Trinajstić information content (AvgIpc) is 2.63. The molecule has 0 radical (unpaired) electrons. The highest BCUT2D eigenvalue weighted by Gasteiger charge is 2.54. The Bertz CT molecular complexity index is 936. The molecule has 4 bridgehead atoms. The third kappa shape index (κ3) is 3.89. The second kappa shape index (κ2) is 7.46. The second-order valence-corrected chi connectivity index (χ2v) is 19.0. The summed E-state index contributed by atoms with van der Waals surface area (Å²) < 4.78 is 0. The van der Waals surface area contributed by atoms with Gasteiger partial charge in [0.05, 0.1) is 21.9 Å². The van der Waals surface area contributed by atoms with Gasteiger partial charge >= 0.3 is 0 Å². The third-order valence-electron chi connectivity index (χ3n) is 8.12. The molecular weight excluding hydrogens is 414 g/mol. The normalized spacial score (nSPS) is 31.5. The Hall–Kier alpha value is -0.580. The van der Waals surface area contributed by atoms with E-state index in [2.05, 4.69) is 72.5 Å². The molecule has 4 saturated carbocycles. The highest BCUT2D eigenvalue weighted by molar-refractivity contribution is 7.73. The van der Waals surface area contributed by atoms with Gasteiger partial charge in [-0.15, -0.1) is 0 Å². The number of benzene rings is 1. The maximum Gasteiger partial charge on any atom is 0.0907 e. The number of hydrogen-bond donors (Lipinski definition) is 0. The summed E-state index contributed by atoms with van der Waals surface area (Å²) in [6.45, 7) is 17.1. The highest BCUT2D eigenvalue weighted by Crippen LogP contribution is 2.67. The summed E-state index contributed by atoms with van der Waals surface area (Å²) >= 11 is 0. The van der Waals surface area contributed by atoms with Crippen molar-refractivity contribution in [2.75, 3.05) is 6.66 Å². The molecule has 4 fully saturated rings. The zero-order chi connectivity index (χ0) is 22.2. The van der Waals surface area contributed by atoms with Gasteiger partial charge in [-0.1, -0.05) is 53.7 Å². The fourth-order valence-electron chi connectivity index (χ4n) is 7.70. The Balaban J connectivity index is 1.68. The molecule has 1 atom stereocenters. The van der Waals surface area contributed by atoms with Gasteiger partial charge in [0.2, 0.25) is 0 Å². The van der Waals surface area contributed by atoms with E-state index in [9.17, 15) is 0 Å². The van der Waals surface area contributed by atoms with E-state index < -0.39 is 7.92 Å². The molecule has 168 valence electrons. The minimum Gasteiger partial charge on any atom is -0.244 e. The summed E-state index contributed by atoms with van der Waals surface area (Å²) in [5, 5.41) is 0.932. The Morgan fingerprint density at radius 2 is 1.16 bits per heavy atom. The first-order valence-corrected chi connectivity index (χ1v) is 15.4. The van der Waals surface area contributed by atoms with E-state index in [4.69, 9.17) is 9.97 Å². The largest absolute Gasteiger partial charge is 0.244 e. The number of nitrogens with zero attached hydrogens (tertiary/aromatic N) is 2. The maximum atomic E-state index is 5.46. The molecule has 4 aliphatic carbocycles. The van der Waals surface area contributed by atoms with Gasteiger partial charge in [0, 0.05) is 0 Å². The number of fused-ring (bicyclic) bond motifs is 1. The quantitative estimate of drug-likeness (QED) is 0.465. The van der Waals surface area contributed by atoms with Gasteiger partial charge in [-0.3, -0.25) is 0 Å². The summed E-state index contributed by atoms with van der Waals surface area (Å²) in [6.07, 6.45) is 8.90. The second-order valence-electron chi connectivity index (χ2n) is 12.7. The Morgan fingerprint density at radius 1 is 0.742 bits per heavy atom. The number of rotatable bonds is 3. The molecule has 0 aliphatic heterocycles. The van der Waals surface area contributed by atoms with Crippen LogP contribution in [0.5, 0.6) is 0 Å². The monoisotopic (exact) mass is 454 g/mol. The van der Waals surface area contributed by atoms with Gasteiger partial charge in [-0.2, -0.15) is 0 Å². The Morgan fingerprint density at radius 3 is 1.58 bits per heavy atom. The standard InChI is InChI=1S/C27H40N2P2/c1-25(2,3)31(26(4,5)6)24-23(28-21-10-8-9-11-22(21)29-24)30(7)27-15-18-12-19(16-27)14-20(13-18)17-27/h8-11,18-20H,12-17H2,1-7H3. The van der Waals surface area contributed by atoms with Gasteiger partial charge in [-0.05, 0) is 106 Å². The molecule has 1 aromatic carbocycles. The van der Waals surface area contributed by atoms with E-state index in [1.165, 1.54) is 49.4 Å². The molecule has 0 amide bonds. The SMILES string of the molecule is CP(c1nc2ccccc2nc1P(C(C)(C)C)C(C)(C)C)C12CC3CC(CC(C3)C1)C2. The van der Waals surface area contributed by atoms with Gasteiger partial charge < -0.3 is 0 Å². The summed E-state index contributed by atoms with van der Waals surface area (Å²) in [5.74, 6) is 2.96. The molecular formula is C27H40N2P2. The molecule has 1 heterocycles. The van der Waals surface area contributed by atoms with Crippen molar-refractivity contribution >= 4 is 37.7 Å². The summed E-state index contributed by atoms with van der Waals surface area (Å²) in [7, 11) is -0.791. The highest BCUT2D eigenvalue weighted by atomic mass is 31.1. The van der Waals surface area contributed by atoms with Crippen molar-refractivity contribution in [2.45, 2.75) is 95.5 Å². The number of aromatic nitrogens is 2. The van der Waals surface area contributed by atoms with E-state index >= 15 is 0 Å². The van der Waals surface area contributed by atoms with E-state index in [0.29, 0.717) is 5.16 Å². The van der Waals surface area contributed by atoms with Crippen LogP contribution in [-0.2, 0) is 0 Å². The van der Waals surface area contributed by atoms with Gasteiger partial charge in [-0.25, -0.2) is 9.97 Å². The van der Waals surface area contributed by atoms with Crippen LogP contribution in [0.15, 0.2) is 24.3 Å². The number of hydrogen-bond acceptors (Lipinski definition) is 2. The molecule has 2 nitrogen and oxygen atoms in total. The summed E-state index contributed by atoms with van der Waals surface area (Å²) in [5.41, 5.74) is 4.96. The number of para-hydroxylation sites is 2. The van der Waals surface area contributed by atoms with Crippen molar-refractivity contribution in [2.24, 2.45) is 17.8 Å². The van der Waals surface area contributed by atoms with Gasteiger partial charge in [0.25, 0.3) is 0 Å². The Labute approximate surface area is 191 Å². The van der Waals surface area contributed by atoms with E-state index in [-0.39, 0.29) is 18.2 Å². The lowest BCUT2D eigenvalue weighted by atomic mass is 9.56. The average molecular weight is 455 g/mol. The smallest absolute Gasteiger partial charge is 0.0907 e. The van der Waals surface area contributed by atoms with Crippen molar-refractivity contribution in [3.8, 4) is 0 Å². The molecule has 31 heavy (non-hydrogen) atoms. The first-order chi connectivity index (χ1) is 14.5. The zero-order valence-corrected chi connectivity index (χ0v) is 22.4. The van der Waals surface area contributed by atoms with E-state index in [1.54, 1.807) is 0 Å². The van der Waals surface area contributed by atoms with E-state index in [1.807, 2.05) is 0 Å². The molecule has 0 spiro atoms. The molecule has 0 N–H and O–H groups in total. The topological polar surface area (TPSA) is 25.8 Å². The minimum absolute atomic E-state index is 0.205. The fourth-order valence-corrected chi connectivity index (χ4v) is 14.8. The first-order valence-electron chi connectivity index (χ1n) is 12.3. The molecule has 4 aliphatic rings. The molecule has 6 rings (SSSR count). The molecule has 1 unspecified atom stereocenters. The summed E-state index contributed by atoms with van der Waals surface area (Å²) in [6, 6.07) is 8.58. The van der Waals surface area contributed by atoms with Crippen LogP contribution in [0, 0.1) is 17.8 Å². The van der Waals surface area contributed by atoms with Crippen LogP contribution in [0.25, 0.3) is 11.0 Å². The molecule has 1 aromatic heterocycles. The Kier molecular flexibility index (Phi) is 5.35. The van der Waals surface area contributed by atoms with Gasteiger partial charge in [0.15, 0.2) is 0 Å². The van der Waals surface area contributed by atoms with Crippen LogP contribution in [0.1, 0.15) is 80.1 Å². The van der Waals surface area contributed by atoms with Gasteiger partial charge in [0.1, 0.15) is 0 Å². The van der Waals surface area contributed by atoms with Crippen molar-refractivity contribution in [1.29, 1.82) is 0 Å². The van der Waals surface area contributed by atoms with Crippen LogP contribution in [0.2, 0.25) is 0 Å². The lowest BCUT2D eigenvalue weighted by Gasteiger charge is -2.59. The molecule has 2 aromatic rings. The predicted octanol–water partition coefficient (Wildman–Crippen LogP) is 7.04. The first kappa shape index (κ1) is 22.2. The van der Waals surface area contributed by atoms with Crippen molar-refractivity contribution < 1.29 is 0 Å². The van der Waals surface area contributed by atoms with Crippen molar-refractivity contribution in [3.63, 3.8) is 0 Å². The van der Waals surface area contributed by atoms with Crippen LogP contribution >= 0.6 is 15.8 Å². The van der Waals surface area contributed by atoms with Crippen LogP contribution in [0.3, 0.4) is 0 Å². The fraction of sp³-hybridized carbons (Fsp3) is 0.704. The predicted molar refractivity (Wildman–Crippen MR) is 139 cm³/mol. The maximum absolute atomic E-state index is 5.46. The third-order valence-corrected chi connectivity index (χ3v) is 14.6. The van der Waals surface area contributed by atoms with E-state index in [0.717, 1.165) is 28.8 Å². The van der Waals surface area contributed by atoms with Crippen LogP contribution in [0.4, 0.5) is 0 Å². The molecule has 0 saturated heterocycles. The van der Waals surface area contributed by atoms with Crippen molar-refractivity contribution in [1.82, 2.24) is 9.97 Å².